The average Bonchev–Trinajstić information content (AvgIpc) is 3.40. The predicted octanol–water partition coefficient (Wildman–Crippen LogP) is 1.53. The zero-order valence-electron chi connectivity index (χ0n) is 16.1. The van der Waals surface area contributed by atoms with Crippen LogP contribution in [0.1, 0.15) is 47.6 Å². The lowest BCUT2D eigenvalue weighted by molar-refractivity contribution is -0.122. The number of imidazole rings is 1. The molecule has 1 amide bonds. The first kappa shape index (κ1) is 20.1. The Labute approximate surface area is 163 Å². The number of hydrogen-bond acceptors (Lipinski definition) is 6. The smallest absolute Gasteiger partial charge is 0.290 e. The number of aromatic nitrogens is 3. The van der Waals surface area contributed by atoms with Gasteiger partial charge in [-0.05, 0) is 38.0 Å². The van der Waals surface area contributed by atoms with Crippen LogP contribution in [0.4, 0.5) is 0 Å². The molecule has 28 heavy (non-hydrogen) atoms. The van der Waals surface area contributed by atoms with Gasteiger partial charge in [-0.15, -0.1) is 0 Å². The second-order valence-electron chi connectivity index (χ2n) is 7.37. The van der Waals surface area contributed by atoms with Crippen LogP contribution in [-0.2, 0) is 11.2 Å². The van der Waals surface area contributed by atoms with Crippen molar-refractivity contribution in [1.29, 1.82) is 0 Å². The highest BCUT2D eigenvalue weighted by Crippen LogP contribution is 2.41. The zero-order valence-corrected chi connectivity index (χ0v) is 16.1. The Morgan fingerprint density at radius 2 is 2.04 bits per heavy atom. The summed E-state index contributed by atoms with van der Waals surface area (Å²) in [5.41, 5.74) is 1.35. The molecule has 3 heterocycles. The molecule has 2 aliphatic rings. The van der Waals surface area contributed by atoms with Gasteiger partial charge in [0.05, 0.1) is 24.2 Å². The van der Waals surface area contributed by atoms with Gasteiger partial charge in [-0.1, -0.05) is 12.1 Å². The lowest BCUT2D eigenvalue weighted by atomic mass is 9.77. The fraction of sp³-hybridized carbons (Fsp3) is 0.579. The molecule has 1 aliphatic heterocycles. The van der Waals surface area contributed by atoms with E-state index >= 15 is 0 Å². The maximum absolute atomic E-state index is 13.0. The summed E-state index contributed by atoms with van der Waals surface area (Å²) >= 11 is 0. The number of aryl methyl sites for hydroxylation is 2. The minimum atomic E-state index is -0.394. The van der Waals surface area contributed by atoms with Crippen molar-refractivity contribution in [2.75, 3.05) is 13.1 Å². The molecule has 1 saturated heterocycles. The summed E-state index contributed by atoms with van der Waals surface area (Å²) in [5.74, 6) is 1.36. The van der Waals surface area contributed by atoms with E-state index in [0.29, 0.717) is 36.1 Å². The topological polar surface area (TPSA) is 122 Å². The number of likely N-dealkylation sites (tertiary alicyclic amines) is 1. The third-order valence-corrected chi connectivity index (χ3v) is 5.79. The van der Waals surface area contributed by atoms with E-state index < -0.39 is 6.10 Å². The standard InChI is InChI=1S/C18H24N4O3.CH2O2/c1-3-14-17(11(2)25-20-14)18(24)22-8-12-6-15(21-5-4-19-10-21)16(23)7-13(12)9-22;2-1-3/h4-5,10,12-13,15-16,23H,3,6-9H2,1-2H3;1H,(H,2,3)/t12-,13+,15-,16-;/m1./s1. The normalized spacial score (nSPS) is 26.3. The molecular formula is C19H26N4O5. The van der Waals surface area contributed by atoms with E-state index in [4.69, 9.17) is 14.4 Å². The Kier molecular flexibility index (Phi) is 6.13. The highest BCUT2D eigenvalue weighted by Gasteiger charge is 2.44. The Morgan fingerprint density at radius 1 is 1.36 bits per heavy atom. The molecule has 0 bridgehead atoms. The maximum Gasteiger partial charge on any atom is 0.290 e. The van der Waals surface area contributed by atoms with Gasteiger partial charge in [-0.25, -0.2) is 4.98 Å². The van der Waals surface area contributed by atoms with Gasteiger partial charge in [0.2, 0.25) is 0 Å². The summed E-state index contributed by atoms with van der Waals surface area (Å²) in [4.78, 5) is 27.4. The highest BCUT2D eigenvalue weighted by molar-refractivity contribution is 5.96. The first-order chi connectivity index (χ1) is 13.5. The molecule has 2 N–H and O–H groups in total. The number of aliphatic hydroxyl groups excluding tert-OH is 1. The molecule has 2 aromatic heterocycles. The summed E-state index contributed by atoms with van der Waals surface area (Å²) in [6, 6.07) is 0.0438. The van der Waals surface area contributed by atoms with Gasteiger partial charge in [0.25, 0.3) is 12.4 Å². The van der Waals surface area contributed by atoms with Crippen molar-refractivity contribution in [2.45, 2.75) is 45.3 Å². The second-order valence-corrected chi connectivity index (χ2v) is 7.37. The number of carbonyl (C=O) groups excluding carboxylic acids is 1. The molecule has 9 nitrogen and oxygen atoms in total. The number of hydrogen-bond donors (Lipinski definition) is 2. The van der Waals surface area contributed by atoms with Crippen LogP contribution in [-0.4, -0.2) is 61.4 Å². The molecule has 4 rings (SSSR count). The Morgan fingerprint density at radius 3 is 2.64 bits per heavy atom. The molecule has 2 fully saturated rings. The molecule has 0 unspecified atom stereocenters. The quantitative estimate of drug-likeness (QED) is 0.762. The molecule has 0 aromatic carbocycles. The second kappa shape index (κ2) is 8.55. The van der Waals surface area contributed by atoms with Crippen molar-refractivity contribution >= 4 is 12.4 Å². The van der Waals surface area contributed by atoms with Crippen LogP contribution in [0.15, 0.2) is 23.2 Å². The number of rotatable bonds is 3. The Hall–Kier alpha value is -2.68. The highest BCUT2D eigenvalue weighted by atomic mass is 16.5. The van der Waals surface area contributed by atoms with E-state index in [9.17, 15) is 9.90 Å². The van der Waals surface area contributed by atoms with Crippen LogP contribution in [0, 0.1) is 18.8 Å². The molecule has 0 spiro atoms. The summed E-state index contributed by atoms with van der Waals surface area (Å²) in [5, 5.41) is 21.4. The van der Waals surface area contributed by atoms with E-state index in [0.717, 1.165) is 25.1 Å². The van der Waals surface area contributed by atoms with Crippen molar-refractivity contribution in [3.05, 3.63) is 35.7 Å². The fourth-order valence-electron chi connectivity index (χ4n) is 4.45. The van der Waals surface area contributed by atoms with Crippen molar-refractivity contribution < 1.29 is 24.3 Å². The number of amides is 1. The van der Waals surface area contributed by atoms with Crippen molar-refractivity contribution in [1.82, 2.24) is 19.6 Å². The summed E-state index contributed by atoms with van der Waals surface area (Å²) in [6.45, 7) is 4.95. The molecule has 1 saturated carbocycles. The van der Waals surface area contributed by atoms with Crippen LogP contribution >= 0.6 is 0 Å². The molecule has 152 valence electrons. The molecule has 0 radical (unpaired) electrons. The number of carboxylic acid groups (broad SMARTS) is 1. The number of carbonyl (C=O) groups is 2. The van der Waals surface area contributed by atoms with Gasteiger partial charge in [0, 0.05) is 25.5 Å². The zero-order chi connectivity index (χ0) is 20.3. The summed E-state index contributed by atoms with van der Waals surface area (Å²) in [6.07, 6.45) is 7.29. The fourth-order valence-corrected chi connectivity index (χ4v) is 4.45. The third kappa shape index (κ3) is 3.80. The first-order valence-corrected chi connectivity index (χ1v) is 9.47. The molecule has 4 atom stereocenters. The third-order valence-electron chi connectivity index (χ3n) is 5.79. The van der Waals surface area contributed by atoms with Crippen LogP contribution in [0.3, 0.4) is 0 Å². The molecule has 2 aromatic rings. The van der Waals surface area contributed by atoms with Crippen LogP contribution in [0.2, 0.25) is 0 Å². The minimum absolute atomic E-state index is 0.0127. The average molecular weight is 390 g/mol. The van der Waals surface area contributed by atoms with Gasteiger partial charge in [-0.3, -0.25) is 9.59 Å². The Balaban J connectivity index is 0.000000706. The minimum Gasteiger partial charge on any atom is -0.483 e. The number of nitrogens with zero attached hydrogens (tertiary/aromatic N) is 4. The van der Waals surface area contributed by atoms with Gasteiger partial charge >= 0.3 is 0 Å². The summed E-state index contributed by atoms with van der Waals surface area (Å²) < 4.78 is 7.21. The van der Waals surface area contributed by atoms with Crippen LogP contribution < -0.4 is 0 Å². The largest absolute Gasteiger partial charge is 0.483 e. The lowest BCUT2D eigenvalue weighted by Crippen LogP contribution is -2.35. The Bertz CT molecular complexity index is 803. The van der Waals surface area contributed by atoms with Gasteiger partial charge < -0.3 is 24.2 Å². The van der Waals surface area contributed by atoms with Crippen molar-refractivity contribution in [3.8, 4) is 0 Å². The molecular weight excluding hydrogens is 364 g/mol. The SMILES string of the molecule is CCc1noc(C)c1C(=O)N1C[C@H]2C[C@@H](n3ccnc3)[C@H](O)C[C@H]2C1.O=CO. The van der Waals surface area contributed by atoms with E-state index in [1.807, 2.05) is 22.6 Å². The number of fused-ring (bicyclic) bond motifs is 1. The summed E-state index contributed by atoms with van der Waals surface area (Å²) in [7, 11) is 0. The van der Waals surface area contributed by atoms with Crippen molar-refractivity contribution in [2.24, 2.45) is 11.8 Å². The maximum atomic E-state index is 13.0. The predicted molar refractivity (Wildman–Crippen MR) is 98.7 cm³/mol. The van der Waals surface area contributed by atoms with Gasteiger partial charge in [0.1, 0.15) is 11.3 Å². The number of aliphatic hydroxyl groups is 1. The van der Waals surface area contributed by atoms with Crippen molar-refractivity contribution in [3.63, 3.8) is 0 Å². The van der Waals surface area contributed by atoms with Crippen LogP contribution in [0.25, 0.3) is 0 Å². The monoisotopic (exact) mass is 390 g/mol. The van der Waals surface area contributed by atoms with Crippen LogP contribution in [0.5, 0.6) is 0 Å². The van der Waals surface area contributed by atoms with Gasteiger partial charge in [0.15, 0.2) is 0 Å². The van der Waals surface area contributed by atoms with E-state index in [2.05, 4.69) is 10.1 Å². The molecule has 1 aliphatic carbocycles. The van der Waals surface area contributed by atoms with E-state index in [1.165, 1.54) is 0 Å². The molecule has 9 heteroatoms. The van der Waals surface area contributed by atoms with E-state index in [-0.39, 0.29) is 18.4 Å². The van der Waals surface area contributed by atoms with Gasteiger partial charge in [-0.2, -0.15) is 0 Å². The lowest BCUT2D eigenvalue weighted by Gasteiger charge is -2.35. The van der Waals surface area contributed by atoms with E-state index in [1.54, 1.807) is 19.4 Å². The first-order valence-electron chi connectivity index (χ1n) is 9.47.